The smallest absolute Gasteiger partial charge is 0.277 e. The molecule has 1 aliphatic heterocycles. The van der Waals surface area contributed by atoms with Crippen LogP contribution in [0, 0.1) is 5.92 Å². The second-order valence-corrected chi connectivity index (χ2v) is 6.45. The molecule has 1 aliphatic carbocycles. The largest absolute Gasteiger partial charge is 0.493 e. The molecule has 7 nitrogen and oxygen atoms in total. The van der Waals surface area contributed by atoms with Gasteiger partial charge in [-0.25, -0.2) is 4.99 Å². The first-order valence-electron chi connectivity index (χ1n) is 8.71. The molecule has 0 saturated heterocycles. The van der Waals surface area contributed by atoms with Crippen molar-refractivity contribution in [1.82, 2.24) is 5.32 Å². The molecule has 2 aliphatic rings. The zero-order valence-corrected chi connectivity index (χ0v) is 16.5. The molecule has 3 rings (SSSR count). The highest BCUT2D eigenvalue weighted by molar-refractivity contribution is 6.14. The molecule has 2 amide bonds. The van der Waals surface area contributed by atoms with Gasteiger partial charge in [0, 0.05) is 22.8 Å². The predicted molar refractivity (Wildman–Crippen MR) is 105 cm³/mol. The fourth-order valence-electron chi connectivity index (χ4n) is 3.18. The SMILES string of the molecule is COc1cc(C(=O)N=C2C=CC3C(=C2)NC(=O)C(C)=C3C)cc(OC)c1OC. The molecule has 0 fully saturated rings. The van der Waals surface area contributed by atoms with Gasteiger partial charge < -0.3 is 19.5 Å². The van der Waals surface area contributed by atoms with E-state index in [4.69, 9.17) is 14.2 Å². The van der Waals surface area contributed by atoms with Gasteiger partial charge in [0.25, 0.3) is 11.8 Å². The number of carbonyl (C=O) groups is 2. The molecule has 7 heteroatoms. The van der Waals surface area contributed by atoms with Gasteiger partial charge in [-0.3, -0.25) is 9.59 Å². The quantitative estimate of drug-likeness (QED) is 0.865. The molecule has 28 heavy (non-hydrogen) atoms. The molecule has 0 spiro atoms. The highest BCUT2D eigenvalue weighted by Gasteiger charge is 2.27. The van der Waals surface area contributed by atoms with Crippen LogP contribution in [0.25, 0.3) is 0 Å². The van der Waals surface area contributed by atoms with E-state index < -0.39 is 5.91 Å². The van der Waals surface area contributed by atoms with Gasteiger partial charge in [0.05, 0.1) is 27.0 Å². The van der Waals surface area contributed by atoms with E-state index in [2.05, 4.69) is 10.3 Å². The molecule has 0 bridgehead atoms. The lowest BCUT2D eigenvalue weighted by molar-refractivity contribution is -0.117. The maximum Gasteiger partial charge on any atom is 0.277 e. The molecular weight excluding hydrogens is 360 g/mol. The summed E-state index contributed by atoms with van der Waals surface area (Å²) in [5.74, 6) is 0.551. The lowest BCUT2D eigenvalue weighted by atomic mass is 9.85. The molecular formula is C21H22N2O5. The van der Waals surface area contributed by atoms with Crippen LogP contribution in [-0.2, 0) is 4.79 Å². The summed E-state index contributed by atoms with van der Waals surface area (Å²) in [7, 11) is 4.46. The third-order valence-corrected chi connectivity index (χ3v) is 4.90. The summed E-state index contributed by atoms with van der Waals surface area (Å²) in [5.41, 5.74) is 3.17. The zero-order chi connectivity index (χ0) is 20.4. The van der Waals surface area contributed by atoms with E-state index in [-0.39, 0.29) is 11.8 Å². The molecule has 146 valence electrons. The van der Waals surface area contributed by atoms with E-state index in [1.807, 2.05) is 13.0 Å². The number of allylic oxidation sites excluding steroid dienone is 3. The number of fused-ring (bicyclic) bond motifs is 1. The summed E-state index contributed by atoms with van der Waals surface area (Å²) in [6.45, 7) is 3.73. The van der Waals surface area contributed by atoms with Crippen molar-refractivity contribution in [3.8, 4) is 17.2 Å². The predicted octanol–water partition coefficient (Wildman–Crippen LogP) is 2.83. The zero-order valence-electron chi connectivity index (χ0n) is 16.5. The Labute approximate surface area is 163 Å². The van der Waals surface area contributed by atoms with Crippen molar-refractivity contribution in [3.63, 3.8) is 0 Å². The van der Waals surface area contributed by atoms with Crippen LogP contribution in [0.5, 0.6) is 17.2 Å². The maximum absolute atomic E-state index is 12.7. The van der Waals surface area contributed by atoms with Gasteiger partial charge in [-0.1, -0.05) is 11.6 Å². The first-order valence-corrected chi connectivity index (χ1v) is 8.71. The van der Waals surface area contributed by atoms with E-state index in [9.17, 15) is 9.59 Å². The number of benzene rings is 1. The van der Waals surface area contributed by atoms with Crippen molar-refractivity contribution in [2.24, 2.45) is 10.9 Å². The monoisotopic (exact) mass is 382 g/mol. The number of hydrogen-bond donors (Lipinski definition) is 1. The van der Waals surface area contributed by atoms with Crippen molar-refractivity contribution in [3.05, 3.63) is 52.8 Å². The average molecular weight is 382 g/mol. The number of rotatable bonds is 4. The minimum atomic E-state index is -0.459. The van der Waals surface area contributed by atoms with Gasteiger partial charge in [-0.2, -0.15) is 0 Å². The van der Waals surface area contributed by atoms with Gasteiger partial charge >= 0.3 is 0 Å². The van der Waals surface area contributed by atoms with Crippen LogP contribution in [0.3, 0.4) is 0 Å². The lowest BCUT2D eigenvalue weighted by Gasteiger charge is -2.28. The van der Waals surface area contributed by atoms with E-state index in [0.29, 0.717) is 39.8 Å². The van der Waals surface area contributed by atoms with E-state index >= 15 is 0 Å². The number of nitrogens with one attached hydrogen (secondary N) is 1. The van der Waals surface area contributed by atoms with Gasteiger partial charge in [0.15, 0.2) is 11.5 Å². The minimum Gasteiger partial charge on any atom is -0.493 e. The van der Waals surface area contributed by atoms with Crippen molar-refractivity contribution >= 4 is 17.5 Å². The summed E-state index contributed by atoms with van der Waals surface area (Å²) in [4.78, 5) is 28.9. The Kier molecular flexibility index (Phi) is 5.35. The summed E-state index contributed by atoms with van der Waals surface area (Å²) in [5, 5.41) is 2.86. The molecule has 1 unspecified atom stereocenters. The summed E-state index contributed by atoms with van der Waals surface area (Å²) >= 11 is 0. The minimum absolute atomic E-state index is 0.00655. The number of amides is 2. The first kappa shape index (κ1) is 19.4. The van der Waals surface area contributed by atoms with Crippen molar-refractivity contribution in [1.29, 1.82) is 0 Å². The third-order valence-electron chi connectivity index (χ3n) is 4.90. The third kappa shape index (κ3) is 3.43. The van der Waals surface area contributed by atoms with Crippen molar-refractivity contribution < 1.29 is 23.8 Å². The van der Waals surface area contributed by atoms with Gasteiger partial charge in [0.2, 0.25) is 5.75 Å². The Morgan fingerprint density at radius 1 is 1.07 bits per heavy atom. The van der Waals surface area contributed by atoms with E-state index in [0.717, 1.165) is 5.57 Å². The fraction of sp³-hybridized carbons (Fsp3) is 0.286. The van der Waals surface area contributed by atoms with E-state index in [1.165, 1.54) is 21.3 Å². The van der Waals surface area contributed by atoms with Crippen LogP contribution in [0.4, 0.5) is 0 Å². The van der Waals surface area contributed by atoms with Crippen molar-refractivity contribution in [2.75, 3.05) is 21.3 Å². The molecule has 1 atom stereocenters. The van der Waals surface area contributed by atoms with Gasteiger partial charge in [-0.05, 0) is 38.1 Å². The van der Waals surface area contributed by atoms with Crippen LogP contribution in [0.2, 0.25) is 0 Å². The number of ether oxygens (including phenoxy) is 3. The fourth-order valence-corrected chi connectivity index (χ4v) is 3.18. The Hall–Kier alpha value is -3.35. The number of aliphatic imine (C=N–C) groups is 1. The topological polar surface area (TPSA) is 86.2 Å². The molecule has 1 aromatic rings. The first-order chi connectivity index (χ1) is 13.4. The van der Waals surface area contributed by atoms with E-state index in [1.54, 1.807) is 31.2 Å². The molecule has 0 radical (unpaired) electrons. The molecule has 1 N–H and O–H groups in total. The second kappa shape index (κ2) is 7.72. The van der Waals surface area contributed by atoms with Crippen LogP contribution in [-0.4, -0.2) is 38.9 Å². The Balaban J connectivity index is 1.94. The van der Waals surface area contributed by atoms with Crippen LogP contribution in [0.1, 0.15) is 24.2 Å². The normalized spacial score (nSPS) is 19.8. The molecule has 0 aromatic heterocycles. The van der Waals surface area contributed by atoms with Crippen LogP contribution >= 0.6 is 0 Å². The highest BCUT2D eigenvalue weighted by atomic mass is 16.5. The van der Waals surface area contributed by atoms with Gasteiger partial charge in [0.1, 0.15) is 0 Å². The standard InChI is InChI=1S/C21H22N2O5/c1-11-12(2)20(24)23-16-10-14(6-7-15(11)16)22-21(25)13-8-17(26-3)19(28-5)18(9-13)27-4/h6-10,15H,1-5H3,(H,23,24). The molecule has 1 aromatic carbocycles. The number of carbonyl (C=O) groups excluding carboxylic acids is 2. The second-order valence-electron chi connectivity index (χ2n) is 6.45. The van der Waals surface area contributed by atoms with Crippen LogP contribution in [0.15, 0.2) is 52.2 Å². The number of methoxy groups -OCH3 is 3. The van der Waals surface area contributed by atoms with Gasteiger partial charge in [-0.15, -0.1) is 0 Å². The highest BCUT2D eigenvalue weighted by Crippen LogP contribution is 2.38. The lowest BCUT2D eigenvalue weighted by Crippen LogP contribution is -2.35. The summed E-state index contributed by atoms with van der Waals surface area (Å²) < 4.78 is 15.8. The average Bonchev–Trinajstić information content (AvgIpc) is 2.70. The summed E-state index contributed by atoms with van der Waals surface area (Å²) in [6, 6.07) is 3.10. The number of hydrogen-bond acceptors (Lipinski definition) is 5. The summed E-state index contributed by atoms with van der Waals surface area (Å²) in [6.07, 6.45) is 5.42. The Morgan fingerprint density at radius 3 is 2.29 bits per heavy atom. The molecule has 1 heterocycles. The molecule has 0 saturated carbocycles. The van der Waals surface area contributed by atoms with Crippen molar-refractivity contribution in [2.45, 2.75) is 13.8 Å². The Morgan fingerprint density at radius 2 is 1.71 bits per heavy atom. The maximum atomic E-state index is 12.7. The number of nitrogens with zero attached hydrogens (tertiary/aromatic N) is 1. The Bertz CT molecular complexity index is 944. The van der Waals surface area contributed by atoms with Crippen LogP contribution < -0.4 is 19.5 Å².